The van der Waals surface area contributed by atoms with E-state index in [-0.39, 0.29) is 5.76 Å². The van der Waals surface area contributed by atoms with Gasteiger partial charge in [-0.25, -0.2) is 4.39 Å². The molecule has 0 aliphatic rings. The number of furan rings is 1. The summed E-state index contributed by atoms with van der Waals surface area (Å²) in [6.07, 6.45) is 1.44. The van der Waals surface area contributed by atoms with Crippen LogP contribution in [0.25, 0.3) is 0 Å². The maximum atomic E-state index is 13.0. The molecule has 0 saturated heterocycles. The second kappa shape index (κ2) is 4.71. The molecule has 17 heavy (non-hydrogen) atoms. The summed E-state index contributed by atoms with van der Waals surface area (Å²) in [6.45, 7) is 1.76. The highest BCUT2D eigenvalue weighted by Gasteiger charge is 2.14. The van der Waals surface area contributed by atoms with Gasteiger partial charge in [0.25, 0.3) is 5.91 Å². The van der Waals surface area contributed by atoms with Gasteiger partial charge in [0, 0.05) is 10.0 Å². The number of rotatable bonds is 2. The van der Waals surface area contributed by atoms with Crippen LogP contribution in [-0.2, 0) is 0 Å². The van der Waals surface area contributed by atoms with Crippen LogP contribution in [0.15, 0.2) is 39.4 Å². The minimum Gasteiger partial charge on any atom is -0.459 e. The Labute approximate surface area is 106 Å². The van der Waals surface area contributed by atoms with Gasteiger partial charge in [0.15, 0.2) is 5.76 Å². The molecule has 0 atom stereocenters. The summed E-state index contributed by atoms with van der Waals surface area (Å²) < 4.78 is 18.7. The molecule has 2 aromatic rings. The molecule has 1 aromatic carbocycles. The lowest BCUT2D eigenvalue weighted by Crippen LogP contribution is -2.12. The summed E-state index contributed by atoms with van der Waals surface area (Å²) in [5, 5.41) is 2.57. The molecule has 0 spiro atoms. The first-order valence-electron chi connectivity index (χ1n) is 4.88. The van der Waals surface area contributed by atoms with Crippen molar-refractivity contribution in [2.75, 3.05) is 5.32 Å². The first kappa shape index (κ1) is 11.9. The largest absolute Gasteiger partial charge is 0.459 e. The van der Waals surface area contributed by atoms with E-state index in [1.807, 2.05) is 0 Å². The molecule has 1 aromatic heterocycles. The van der Waals surface area contributed by atoms with Gasteiger partial charge in [0.1, 0.15) is 5.82 Å². The first-order chi connectivity index (χ1) is 8.08. The van der Waals surface area contributed by atoms with E-state index in [9.17, 15) is 9.18 Å². The molecule has 3 nitrogen and oxygen atoms in total. The molecule has 0 unspecified atom stereocenters. The molecule has 0 aliphatic carbocycles. The average molecular weight is 298 g/mol. The highest BCUT2D eigenvalue weighted by Crippen LogP contribution is 2.24. The number of carbonyl (C=O) groups excluding carboxylic acids is 1. The van der Waals surface area contributed by atoms with Crippen LogP contribution in [0.3, 0.4) is 0 Å². The van der Waals surface area contributed by atoms with Crippen LogP contribution in [0, 0.1) is 12.7 Å². The second-order valence-corrected chi connectivity index (χ2v) is 4.37. The van der Waals surface area contributed by atoms with Gasteiger partial charge in [-0.1, -0.05) is 0 Å². The van der Waals surface area contributed by atoms with Crippen molar-refractivity contribution in [3.05, 3.63) is 52.1 Å². The van der Waals surface area contributed by atoms with E-state index in [1.165, 1.54) is 24.5 Å². The maximum absolute atomic E-state index is 13.0. The lowest BCUT2D eigenvalue weighted by Gasteiger charge is -2.06. The third-order valence-electron chi connectivity index (χ3n) is 2.24. The molecule has 5 heteroatoms. The fourth-order valence-electron chi connectivity index (χ4n) is 1.38. The predicted molar refractivity (Wildman–Crippen MR) is 65.5 cm³/mol. The molecule has 1 N–H and O–H groups in total. The van der Waals surface area contributed by atoms with Crippen molar-refractivity contribution in [3.63, 3.8) is 0 Å². The van der Waals surface area contributed by atoms with Crippen LogP contribution in [0.5, 0.6) is 0 Å². The van der Waals surface area contributed by atoms with Crippen molar-refractivity contribution in [2.24, 2.45) is 0 Å². The molecule has 0 fully saturated rings. The van der Waals surface area contributed by atoms with Gasteiger partial charge >= 0.3 is 0 Å². The lowest BCUT2D eigenvalue weighted by molar-refractivity contribution is 0.0996. The van der Waals surface area contributed by atoms with Gasteiger partial charge in [0.05, 0.1) is 12.0 Å². The Balaban J connectivity index is 2.24. The van der Waals surface area contributed by atoms with Crippen molar-refractivity contribution in [2.45, 2.75) is 6.92 Å². The number of nitrogens with one attached hydrogen (secondary N) is 1. The lowest BCUT2D eigenvalue weighted by atomic mass is 10.2. The fraction of sp³-hybridized carbons (Fsp3) is 0.0833. The normalized spacial score (nSPS) is 10.3. The van der Waals surface area contributed by atoms with E-state index >= 15 is 0 Å². The van der Waals surface area contributed by atoms with E-state index in [1.54, 1.807) is 13.0 Å². The van der Waals surface area contributed by atoms with E-state index in [0.29, 0.717) is 10.2 Å². The van der Waals surface area contributed by atoms with Crippen molar-refractivity contribution in [1.29, 1.82) is 0 Å². The number of hydrogen-bond donors (Lipinski definition) is 1. The van der Waals surface area contributed by atoms with Gasteiger partial charge in [-0.3, -0.25) is 4.79 Å². The van der Waals surface area contributed by atoms with Crippen LogP contribution in [-0.4, -0.2) is 5.91 Å². The molecule has 0 radical (unpaired) electrons. The van der Waals surface area contributed by atoms with Gasteiger partial charge in [-0.05, 0) is 47.1 Å². The number of anilines is 1. The summed E-state index contributed by atoms with van der Waals surface area (Å²) >= 11 is 3.23. The molecular formula is C12H9BrFNO2. The Morgan fingerprint density at radius 3 is 2.82 bits per heavy atom. The number of hydrogen-bond acceptors (Lipinski definition) is 2. The number of halogens is 2. The molecule has 2 rings (SSSR count). The molecule has 0 bridgehead atoms. The SMILES string of the molecule is Cc1ccoc1C(=O)Nc1cc(F)ccc1Br. The summed E-state index contributed by atoms with van der Waals surface area (Å²) in [5.74, 6) is -0.598. The van der Waals surface area contributed by atoms with Crippen LogP contribution < -0.4 is 5.32 Å². The zero-order valence-corrected chi connectivity index (χ0v) is 10.5. The minimum absolute atomic E-state index is 0.223. The summed E-state index contributed by atoms with van der Waals surface area (Å²) in [5.41, 5.74) is 1.10. The summed E-state index contributed by atoms with van der Waals surface area (Å²) in [6, 6.07) is 5.76. The number of carbonyl (C=O) groups is 1. The summed E-state index contributed by atoms with van der Waals surface area (Å²) in [7, 11) is 0. The first-order valence-corrected chi connectivity index (χ1v) is 5.67. The van der Waals surface area contributed by atoms with Crippen LogP contribution in [0.1, 0.15) is 16.1 Å². The average Bonchev–Trinajstić information content (AvgIpc) is 2.70. The van der Waals surface area contributed by atoms with Gasteiger partial charge < -0.3 is 9.73 Å². The number of amides is 1. The number of benzene rings is 1. The van der Waals surface area contributed by atoms with Gasteiger partial charge in [-0.15, -0.1) is 0 Å². The Bertz CT molecular complexity index is 565. The Kier molecular flexibility index (Phi) is 3.28. The Morgan fingerprint density at radius 2 is 2.18 bits per heavy atom. The standard InChI is InChI=1S/C12H9BrFNO2/c1-7-4-5-17-11(7)12(16)15-10-6-8(14)2-3-9(10)13/h2-6H,1H3,(H,15,16). The van der Waals surface area contributed by atoms with Crippen molar-refractivity contribution < 1.29 is 13.6 Å². The van der Waals surface area contributed by atoms with E-state index in [0.717, 1.165) is 5.56 Å². The maximum Gasteiger partial charge on any atom is 0.291 e. The highest BCUT2D eigenvalue weighted by molar-refractivity contribution is 9.10. The minimum atomic E-state index is -0.417. The smallest absolute Gasteiger partial charge is 0.291 e. The van der Waals surface area contributed by atoms with Crippen molar-refractivity contribution in [1.82, 2.24) is 0 Å². The van der Waals surface area contributed by atoms with Gasteiger partial charge in [-0.2, -0.15) is 0 Å². The third-order valence-corrected chi connectivity index (χ3v) is 2.94. The van der Waals surface area contributed by atoms with Crippen molar-refractivity contribution in [3.8, 4) is 0 Å². The zero-order chi connectivity index (χ0) is 12.4. The molecule has 0 saturated carbocycles. The Hall–Kier alpha value is -1.62. The molecular weight excluding hydrogens is 289 g/mol. The van der Waals surface area contributed by atoms with Crippen LogP contribution in [0.2, 0.25) is 0 Å². The quantitative estimate of drug-likeness (QED) is 0.917. The molecule has 1 heterocycles. The Morgan fingerprint density at radius 1 is 1.41 bits per heavy atom. The summed E-state index contributed by atoms with van der Waals surface area (Å²) in [4.78, 5) is 11.8. The third kappa shape index (κ3) is 2.55. The fourth-order valence-corrected chi connectivity index (χ4v) is 1.72. The molecule has 1 amide bonds. The van der Waals surface area contributed by atoms with Crippen molar-refractivity contribution >= 4 is 27.5 Å². The molecule has 0 aliphatic heterocycles. The van der Waals surface area contributed by atoms with Gasteiger partial charge in [0.2, 0.25) is 0 Å². The van der Waals surface area contributed by atoms with E-state index in [2.05, 4.69) is 21.2 Å². The second-order valence-electron chi connectivity index (χ2n) is 3.51. The molecule has 88 valence electrons. The zero-order valence-electron chi connectivity index (χ0n) is 8.96. The van der Waals surface area contributed by atoms with Crippen LogP contribution >= 0.6 is 15.9 Å². The predicted octanol–water partition coefficient (Wildman–Crippen LogP) is 3.74. The monoisotopic (exact) mass is 297 g/mol. The number of aryl methyl sites for hydroxylation is 1. The topological polar surface area (TPSA) is 42.2 Å². The van der Waals surface area contributed by atoms with Crippen LogP contribution in [0.4, 0.5) is 10.1 Å². The highest BCUT2D eigenvalue weighted by atomic mass is 79.9. The van der Waals surface area contributed by atoms with E-state index in [4.69, 9.17) is 4.42 Å². The van der Waals surface area contributed by atoms with E-state index < -0.39 is 11.7 Å².